The molecule has 0 heterocycles. The average molecular weight is 457 g/mol. The molecule has 0 saturated heterocycles. The second kappa shape index (κ2) is 11.9. The van der Waals surface area contributed by atoms with Gasteiger partial charge in [-0.15, -0.1) is 0 Å². The normalized spacial score (nSPS) is 15.1. The van der Waals surface area contributed by atoms with E-state index in [4.69, 9.17) is 16.3 Å². The predicted octanol–water partition coefficient (Wildman–Crippen LogP) is 5.28. The van der Waals surface area contributed by atoms with Crippen molar-refractivity contribution in [1.29, 1.82) is 0 Å². The van der Waals surface area contributed by atoms with Crippen molar-refractivity contribution in [3.05, 3.63) is 64.7 Å². The lowest BCUT2D eigenvalue weighted by Gasteiger charge is -2.32. The number of para-hydroxylation sites is 1. The molecular weight excluding hydrogens is 424 g/mol. The molecule has 1 N–H and O–H groups in total. The van der Waals surface area contributed by atoms with E-state index in [0.29, 0.717) is 23.7 Å². The quantitative estimate of drug-likeness (QED) is 0.558. The molecule has 1 aliphatic rings. The van der Waals surface area contributed by atoms with Crippen molar-refractivity contribution < 1.29 is 14.3 Å². The van der Waals surface area contributed by atoms with Gasteiger partial charge in [-0.3, -0.25) is 9.59 Å². The highest BCUT2D eigenvalue weighted by atomic mass is 35.5. The second-order valence-corrected chi connectivity index (χ2v) is 8.91. The molecule has 2 aromatic carbocycles. The van der Waals surface area contributed by atoms with Crippen LogP contribution < -0.4 is 10.1 Å². The van der Waals surface area contributed by atoms with Crippen LogP contribution in [-0.2, 0) is 16.1 Å². The lowest BCUT2D eigenvalue weighted by atomic mass is 9.95. The van der Waals surface area contributed by atoms with E-state index in [1.807, 2.05) is 50.2 Å². The van der Waals surface area contributed by atoms with Gasteiger partial charge in [0.05, 0.1) is 0 Å². The van der Waals surface area contributed by atoms with Crippen LogP contribution in [0.1, 0.15) is 56.6 Å². The van der Waals surface area contributed by atoms with Gasteiger partial charge in [0, 0.05) is 17.6 Å². The monoisotopic (exact) mass is 456 g/mol. The molecule has 1 saturated carbocycles. The fourth-order valence-electron chi connectivity index (χ4n) is 4.19. The Morgan fingerprint density at radius 3 is 2.44 bits per heavy atom. The largest absolute Gasteiger partial charge is 0.484 e. The van der Waals surface area contributed by atoms with Crippen molar-refractivity contribution in [3.63, 3.8) is 0 Å². The third kappa shape index (κ3) is 6.73. The average Bonchev–Trinajstić information content (AvgIpc) is 2.80. The Balaban J connectivity index is 1.75. The van der Waals surface area contributed by atoms with Crippen LogP contribution in [0.4, 0.5) is 0 Å². The van der Waals surface area contributed by atoms with Gasteiger partial charge in [0.2, 0.25) is 5.91 Å². The molecule has 1 aliphatic carbocycles. The minimum Gasteiger partial charge on any atom is -0.484 e. The molecule has 2 amide bonds. The Morgan fingerprint density at radius 1 is 1.09 bits per heavy atom. The molecule has 0 radical (unpaired) electrons. The highest BCUT2D eigenvalue weighted by Crippen LogP contribution is 2.20. The molecule has 1 atom stereocenters. The zero-order chi connectivity index (χ0) is 22.9. The first kappa shape index (κ1) is 24.1. The third-order valence-electron chi connectivity index (χ3n) is 6.05. The standard InChI is InChI=1S/C26H33ClN2O3/c1-3-23(26(31)28-22-10-5-4-6-11-22)29(17-20-13-15-21(27)16-14-20)25(30)18-32-24-12-8-7-9-19(24)2/h7-9,12-16,22-23H,3-6,10-11,17-18H2,1-2H3,(H,28,31). The van der Waals surface area contributed by atoms with Crippen molar-refractivity contribution in [3.8, 4) is 5.75 Å². The second-order valence-electron chi connectivity index (χ2n) is 8.47. The summed E-state index contributed by atoms with van der Waals surface area (Å²) in [5, 5.41) is 3.82. The van der Waals surface area contributed by atoms with Crippen molar-refractivity contribution in [2.24, 2.45) is 0 Å². The van der Waals surface area contributed by atoms with E-state index in [1.54, 1.807) is 17.0 Å². The fourth-order valence-corrected chi connectivity index (χ4v) is 4.32. The summed E-state index contributed by atoms with van der Waals surface area (Å²) >= 11 is 6.03. The summed E-state index contributed by atoms with van der Waals surface area (Å²) in [6.07, 6.45) is 6.04. The van der Waals surface area contributed by atoms with Crippen LogP contribution >= 0.6 is 11.6 Å². The number of nitrogens with zero attached hydrogens (tertiary/aromatic N) is 1. The van der Waals surface area contributed by atoms with E-state index < -0.39 is 6.04 Å². The minimum atomic E-state index is -0.555. The highest BCUT2D eigenvalue weighted by molar-refractivity contribution is 6.30. The third-order valence-corrected chi connectivity index (χ3v) is 6.30. The van der Waals surface area contributed by atoms with Crippen molar-refractivity contribution in [2.45, 2.75) is 71.0 Å². The summed E-state index contributed by atoms with van der Waals surface area (Å²) in [5.41, 5.74) is 1.88. The van der Waals surface area contributed by atoms with Gasteiger partial charge in [0.15, 0.2) is 6.61 Å². The number of nitrogens with one attached hydrogen (secondary N) is 1. The minimum absolute atomic E-state index is 0.0856. The summed E-state index contributed by atoms with van der Waals surface area (Å²) in [5.74, 6) is 0.374. The van der Waals surface area contributed by atoms with E-state index in [-0.39, 0.29) is 24.5 Å². The highest BCUT2D eigenvalue weighted by Gasteiger charge is 2.30. The number of halogens is 1. The van der Waals surface area contributed by atoms with E-state index in [2.05, 4.69) is 5.32 Å². The first-order valence-corrected chi connectivity index (χ1v) is 11.9. The van der Waals surface area contributed by atoms with Crippen LogP contribution in [0.15, 0.2) is 48.5 Å². The lowest BCUT2D eigenvalue weighted by molar-refractivity contribution is -0.143. The topological polar surface area (TPSA) is 58.6 Å². The van der Waals surface area contributed by atoms with Crippen LogP contribution in [-0.4, -0.2) is 35.4 Å². The SMILES string of the molecule is CCC(C(=O)NC1CCCCC1)N(Cc1ccc(Cl)cc1)C(=O)COc1ccccc1C. The zero-order valence-electron chi connectivity index (χ0n) is 19.0. The van der Waals surface area contributed by atoms with Crippen molar-refractivity contribution in [1.82, 2.24) is 10.2 Å². The van der Waals surface area contributed by atoms with Crippen LogP contribution in [0.3, 0.4) is 0 Å². The van der Waals surface area contributed by atoms with Crippen LogP contribution in [0.25, 0.3) is 0 Å². The van der Waals surface area contributed by atoms with Gasteiger partial charge in [-0.1, -0.05) is 68.1 Å². The Bertz CT molecular complexity index is 894. The fraction of sp³-hybridized carbons (Fsp3) is 0.462. The molecule has 2 aromatic rings. The number of rotatable bonds is 9. The van der Waals surface area contributed by atoms with Gasteiger partial charge >= 0.3 is 0 Å². The van der Waals surface area contributed by atoms with E-state index in [9.17, 15) is 9.59 Å². The Hall–Kier alpha value is -2.53. The van der Waals surface area contributed by atoms with Gasteiger partial charge in [-0.2, -0.15) is 0 Å². The molecule has 6 heteroatoms. The summed E-state index contributed by atoms with van der Waals surface area (Å²) in [4.78, 5) is 28.1. The number of amides is 2. The molecule has 1 unspecified atom stereocenters. The number of benzene rings is 2. The van der Waals surface area contributed by atoms with E-state index >= 15 is 0 Å². The maximum absolute atomic E-state index is 13.3. The first-order chi connectivity index (χ1) is 15.5. The molecule has 1 fully saturated rings. The van der Waals surface area contributed by atoms with Crippen molar-refractivity contribution >= 4 is 23.4 Å². The molecular formula is C26H33ClN2O3. The summed E-state index contributed by atoms with van der Waals surface area (Å²) in [6.45, 7) is 4.09. The maximum Gasteiger partial charge on any atom is 0.261 e. The molecule has 0 spiro atoms. The van der Waals surface area contributed by atoms with Crippen LogP contribution in [0.5, 0.6) is 5.75 Å². The number of ether oxygens (including phenoxy) is 1. The molecule has 32 heavy (non-hydrogen) atoms. The Kier molecular flexibility index (Phi) is 8.98. The number of carbonyl (C=O) groups excluding carboxylic acids is 2. The summed E-state index contributed by atoms with van der Waals surface area (Å²) in [7, 11) is 0. The van der Waals surface area contributed by atoms with Crippen molar-refractivity contribution in [2.75, 3.05) is 6.61 Å². The van der Waals surface area contributed by atoms with E-state index in [1.165, 1.54) is 6.42 Å². The van der Waals surface area contributed by atoms with Crippen LogP contribution in [0.2, 0.25) is 5.02 Å². The molecule has 0 aromatic heterocycles. The molecule has 0 aliphatic heterocycles. The number of aryl methyl sites for hydroxylation is 1. The summed E-state index contributed by atoms with van der Waals surface area (Å²) < 4.78 is 5.82. The zero-order valence-corrected chi connectivity index (χ0v) is 19.7. The molecule has 0 bridgehead atoms. The smallest absolute Gasteiger partial charge is 0.261 e. The summed E-state index contributed by atoms with van der Waals surface area (Å²) in [6, 6.07) is 14.6. The number of carbonyl (C=O) groups is 2. The first-order valence-electron chi connectivity index (χ1n) is 11.5. The van der Waals surface area contributed by atoms with Crippen LogP contribution in [0, 0.1) is 6.92 Å². The molecule has 3 rings (SSSR count). The number of hydrogen-bond acceptors (Lipinski definition) is 3. The number of hydrogen-bond donors (Lipinski definition) is 1. The van der Waals surface area contributed by atoms with Gasteiger partial charge in [-0.05, 0) is 55.5 Å². The predicted molar refractivity (Wildman–Crippen MR) is 128 cm³/mol. The maximum atomic E-state index is 13.3. The lowest BCUT2D eigenvalue weighted by Crippen LogP contribution is -2.52. The molecule has 172 valence electrons. The van der Waals surface area contributed by atoms with Gasteiger partial charge in [0.1, 0.15) is 11.8 Å². The van der Waals surface area contributed by atoms with Gasteiger partial charge < -0.3 is 15.0 Å². The van der Waals surface area contributed by atoms with Gasteiger partial charge in [0.25, 0.3) is 5.91 Å². The van der Waals surface area contributed by atoms with Gasteiger partial charge in [-0.25, -0.2) is 0 Å². The Morgan fingerprint density at radius 2 is 1.78 bits per heavy atom. The molecule has 5 nitrogen and oxygen atoms in total. The van der Waals surface area contributed by atoms with E-state index in [0.717, 1.165) is 36.8 Å². The Labute approximate surface area is 196 Å².